The van der Waals surface area contributed by atoms with Crippen LogP contribution in [0.15, 0.2) is 30.3 Å². The van der Waals surface area contributed by atoms with Gasteiger partial charge in [-0.2, -0.15) is 0 Å². The van der Waals surface area contributed by atoms with E-state index in [0.29, 0.717) is 18.8 Å². The van der Waals surface area contributed by atoms with Crippen LogP contribution < -0.4 is 10.5 Å². The van der Waals surface area contributed by atoms with Crippen molar-refractivity contribution < 1.29 is 9.53 Å². The van der Waals surface area contributed by atoms with Crippen LogP contribution in [0.25, 0.3) is 0 Å². The molecule has 5 heteroatoms. The molecule has 0 spiro atoms. The normalized spacial score (nSPS) is 10.5. The molecular formula is C14H23ClN2O2. The fourth-order valence-corrected chi connectivity index (χ4v) is 1.57. The van der Waals surface area contributed by atoms with Crippen molar-refractivity contribution in [2.24, 2.45) is 11.1 Å². The van der Waals surface area contributed by atoms with Crippen molar-refractivity contribution >= 4 is 18.3 Å². The number of nitrogens with zero attached hydrogens (tertiary/aromatic N) is 1. The lowest BCUT2D eigenvalue weighted by Gasteiger charge is -2.28. The molecule has 108 valence electrons. The van der Waals surface area contributed by atoms with E-state index in [1.165, 1.54) is 0 Å². The second-order valence-corrected chi connectivity index (χ2v) is 5.22. The molecule has 0 aromatic heterocycles. The Morgan fingerprint density at radius 1 is 1.32 bits per heavy atom. The predicted molar refractivity (Wildman–Crippen MR) is 79.7 cm³/mol. The molecule has 0 saturated carbocycles. The van der Waals surface area contributed by atoms with E-state index in [-0.39, 0.29) is 30.3 Å². The van der Waals surface area contributed by atoms with Crippen LogP contribution in [-0.4, -0.2) is 37.6 Å². The van der Waals surface area contributed by atoms with Crippen LogP contribution in [0.2, 0.25) is 0 Å². The minimum Gasteiger partial charge on any atom is -0.484 e. The van der Waals surface area contributed by atoms with Crippen LogP contribution in [0.5, 0.6) is 5.75 Å². The van der Waals surface area contributed by atoms with Gasteiger partial charge in [0.1, 0.15) is 5.75 Å². The van der Waals surface area contributed by atoms with Gasteiger partial charge in [-0.25, -0.2) is 0 Å². The average molecular weight is 287 g/mol. The van der Waals surface area contributed by atoms with E-state index in [0.717, 1.165) is 0 Å². The molecule has 0 saturated heterocycles. The van der Waals surface area contributed by atoms with Gasteiger partial charge in [-0.1, -0.05) is 32.0 Å². The van der Waals surface area contributed by atoms with Crippen molar-refractivity contribution in [1.82, 2.24) is 4.90 Å². The fraction of sp³-hybridized carbons (Fsp3) is 0.500. The molecule has 1 aromatic carbocycles. The summed E-state index contributed by atoms with van der Waals surface area (Å²) in [5.41, 5.74) is 5.58. The molecule has 4 nitrogen and oxygen atoms in total. The maximum absolute atomic E-state index is 11.9. The second kappa shape index (κ2) is 8.02. The van der Waals surface area contributed by atoms with Crippen molar-refractivity contribution in [1.29, 1.82) is 0 Å². The van der Waals surface area contributed by atoms with E-state index in [2.05, 4.69) is 0 Å². The van der Waals surface area contributed by atoms with Crippen molar-refractivity contribution in [3.05, 3.63) is 30.3 Å². The fourth-order valence-electron chi connectivity index (χ4n) is 1.57. The van der Waals surface area contributed by atoms with E-state index in [9.17, 15) is 4.79 Å². The van der Waals surface area contributed by atoms with Gasteiger partial charge >= 0.3 is 0 Å². The highest BCUT2D eigenvalue weighted by molar-refractivity contribution is 5.85. The summed E-state index contributed by atoms with van der Waals surface area (Å²) in [7, 11) is 1.77. The lowest BCUT2D eigenvalue weighted by Crippen LogP contribution is -2.41. The van der Waals surface area contributed by atoms with Gasteiger partial charge in [-0.15, -0.1) is 12.4 Å². The monoisotopic (exact) mass is 286 g/mol. The average Bonchev–Trinajstić information content (AvgIpc) is 2.36. The molecule has 0 aliphatic rings. The minimum atomic E-state index is -0.0723. The van der Waals surface area contributed by atoms with Crippen molar-refractivity contribution in [3.63, 3.8) is 0 Å². The number of ether oxygens (including phenoxy) is 1. The van der Waals surface area contributed by atoms with Crippen molar-refractivity contribution in [2.75, 3.05) is 26.7 Å². The first-order valence-corrected chi connectivity index (χ1v) is 6.06. The zero-order chi connectivity index (χ0) is 13.6. The molecule has 0 unspecified atom stereocenters. The highest BCUT2D eigenvalue weighted by Crippen LogP contribution is 2.14. The Kier molecular flexibility index (Phi) is 7.49. The summed E-state index contributed by atoms with van der Waals surface area (Å²) in [5.74, 6) is 0.665. The molecule has 0 bridgehead atoms. The number of para-hydroxylation sites is 1. The Labute approximate surface area is 121 Å². The highest BCUT2D eigenvalue weighted by Gasteiger charge is 2.21. The van der Waals surface area contributed by atoms with Gasteiger partial charge in [0.25, 0.3) is 5.91 Å². The summed E-state index contributed by atoms with van der Waals surface area (Å²) in [5, 5.41) is 0. The standard InChI is InChI=1S/C14H22N2O2.ClH/c1-14(2,10-15)11-16(3)13(17)9-18-12-7-5-4-6-8-12;/h4-8H,9-11,15H2,1-3H3;1H. The number of hydrogen-bond acceptors (Lipinski definition) is 3. The zero-order valence-corrected chi connectivity index (χ0v) is 12.6. The summed E-state index contributed by atoms with van der Waals surface area (Å²) in [6.07, 6.45) is 0. The number of carbonyl (C=O) groups is 1. The van der Waals surface area contributed by atoms with Crippen LogP contribution in [0, 0.1) is 5.41 Å². The number of rotatable bonds is 6. The van der Waals surface area contributed by atoms with Gasteiger partial charge in [0, 0.05) is 13.6 Å². The third kappa shape index (κ3) is 6.45. The van der Waals surface area contributed by atoms with Gasteiger partial charge in [0.15, 0.2) is 6.61 Å². The second-order valence-electron chi connectivity index (χ2n) is 5.22. The smallest absolute Gasteiger partial charge is 0.260 e. The van der Waals surface area contributed by atoms with Gasteiger partial charge in [-0.3, -0.25) is 4.79 Å². The Hall–Kier alpha value is -1.26. The Balaban J connectivity index is 0.00000324. The predicted octanol–water partition coefficient (Wildman–Crippen LogP) is 1.93. The lowest BCUT2D eigenvalue weighted by molar-refractivity contribution is -0.133. The van der Waals surface area contributed by atoms with E-state index in [4.69, 9.17) is 10.5 Å². The van der Waals surface area contributed by atoms with Crippen molar-refractivity contribution in [3.8, 4) is 5.75 Å². The van der Waals surface area contributed by atoms with E-state index in [1.807, 2.05) is 44.2 Å². The number of amides is 1. The number of halogens is 1. The first kappa shape index (κ1) is 17.7. The maximum atomic E-state index is 11.9. The first-order valence-electron chi connectivity index (χ1n) is 6.06. The molecule has 2 N–H and O–H groups in total. The highest BCUT2D eigenvalue weighted by atomic mass is 35.5. The molecule has 0 atom stereocenters. The van der Waals surface area contributed by atoms with E-state index in [1.54, 1.807) is 11.9 Å². The first-order chi connectivity index (χ1) is 8.44. The number of benzene rings is 1. The minimum absolute atomic E-state index is 0. The van der Waals surface area contributed by atoms with Crippen LogP contribution in [0.1, 0.15) is 13.8 Å². The lowest BCUT2D eigenvalue weighted by atomic mass is 9.93. The molecule has 0 radical (unpaired) electrons. The van der Waals surface area contributed by atoms with Crippen molar-refractivity contribution in [2.45, 2.75) is 13.8 Å². The summed E-state index contributed by atoms with van der Waals surface area (Å²) < 4.78 is 5.41. The van der Waals surface area contributed by atoms with Gasteiger partial charge in [0.2, 0.25) is 0 Å². The van der Waals surface area contributed by atoms with Gasteiger partial charge in [-0.05, 0) is 24.1 Å². The Morgan fingerprint density at radius 3 is 2.42 bits per heavy atom. The summed E-state index contributed by atoms with van der Waals surface area (Å²) in [6.45, 7) is 5.30. The maximum Gasteiger partial charge on any atom is 0.260 e. The van der Waals surface area contributed by atoms with Crippen LogP contribution in [0.4, 0.5) is 0 Å². The molecule has 1 rings (SSSR count). The Bertz CT molecular complexity index is 382. The number of hydrogen-bond donors (Lipinski definition) is 1. The third-order valence-corrected chi connectivity index (χ3v) is 2.75. The van der Waals surface area contributed by atoms with Crippen LogP contribution in [0.3, 0.4) is 0 Å². The Morgan fingerprint density at radius 2 is 1.89 bits per heavy atom. The molecule has 1 aromatic rings. The summed E-state index contributed by atoms with van der Waals surface area (Å²) >= 11 is 0. The van der Waals surface area contributed by atoms with Gasteiger partial charge < -0.3 is 15.4 Å². The van der Waals surface area contributed by atoms with E-state index >= 15 is 0 Å². The largest absolute Gasteiger partial charge is 0.484 e. The third-order valence-electron chi connectivity index (χ3n) is 2.75. The summed E-state index contributed by atoms with van der Waals surface area (Å²) in [6, 6.07) is 9.32. The van der Waals surface area contributed by atoms with Crippen LogP contribution >= 0.6 is 12.4 Å². The molecule has 0 aliphatic heterocycles. The number of likely N-dealkylation sites (N-methyl/N-ethyl adjacent to an activating group) is 1. The molecule has 1 amide bonds. The summed E-state index contributed by atoms with van der Waals surface area (Å²) in [4.78, 5) is 13.5. The molecule has 0 aliphatic carbocycles. The van der Waals surface area contributed by atoms with E-state index < -0.39 is 0 Å². The van der Waals surface area contributed by atoms with Crippen LogP contribution in [-0.2, 0) is 4.79 Å². The number of carbonyl (C=O) groups excluding carboxylic acids is 1. The topological polar surface area (TPSA) is 55.6 Å². The number of nitrogens with two attached hydrogens (primary N) is 1. The molecule has 0 heterocycles. The molecule has 19 heavy (non-hydrogen) atoms. The molecular weight excluding hydrogens is 264 g/mol. The van der Waals surface area contributed by atoms with Gasteiger partial charge in [0.05, 0.1) is 0 Å². The zero-order valence-electron chi connectivity index (χ0n) is 11.8. The quantitative estimate of drug-likeness (QED) is 0.869. The molecule has 0 fully saturated rings. The SMILES string of the molecule is CN(CC(C)(C)CN)C(=O)COc1ccccc1.Cl.